The summed E-state index contributed by atoms with van der Waals surface area (Å²) in [5.74, 6) is -0.551. The third-order valence-electron chi connectivity index (χ3n) is 4.08. The molecule has 0 fully saturated rings. The van der Waals surface area contributed by atoms with E-state index in [4.69, 9.17) is 9.47 Å². The maximum atomic E-state index is 12.3. The number of amides is 1. The van der Waals surface area contributed by atoms with E-state index in [1.54, 1.807) is 4.90 Å². The van der Waals surface area contributed by atoms with Crippen LogP contribution in [-0.2, 0) is 25.7 Å². The Morgan fingerprint density at radius 2 is 1.79 bits per heavy atom. The van der Waals surface area contributed by atoms with Crippen LogP contribution in [0, 0.1) is 0 Å². The van der Waals surface area contributed by atoms with Crippen LogP contribution in [0.4, 0.5) is 4.79 Å². The molecule has 1 rings (SSSR count). The molecule has 0 aliphatic carbocycles. The summed E-state index contributed by atoms with van der Waals surface area (Å²) in [7, 11) is 0. The minimum Gasteiger partial charge on any atom is -0.459 e. The van der Waals surface area contributed by atoms with Crippen molar-refractivity contribution in [1.29, 1.82) is 0 Å². The second kappa shape index (κ2) is 12.0. The van der Waals surface area contributed by atoms with Gasteiger partial charge in [-0.1, -0.05) is 30.3 Å². The topological polar surface area (TPSA) is 85.3 Å². The number of esters is 1. The highest BCUT2D eigenvalue weighted by atomic mass is 16.6. The molecular weight excluding hydrogens is 372 g/mol. The van der Waals surface area contributed by atoms with Gasteiger partial charge in [-0.3, -0.25) is 0 Å². The van der Waals surface area contributed by atoms with E-state index >= 15 is 0 Å². The standard InChI is InChI=1S/C22H32N2O5/c1-17(2)24(21(27)29-22(3,4)5)14-10-9-13-19(23-16-25)20(26)28-15-18-11-7-6-8-12-18/h6-8,11-12,17,19H,9-10,13-15H2,1-5H3/t19-/m0/s1. The monoisotopic (exact) mass is 404 g/mol. The Bertz CT molecular complexity index is 691. The van der Waals surface area contributed by atoms with Crippen LogP contribution in [0.25, 0.3) is 0 Å². The van der Waals surface area contributed by atoms with E-state index in [0.717, 1.165) is 5.56 Å². The lowest BCUT2D eigenvalue weighted by Gasteiger charge is -2.30. The smallest absolute Gasteiger partial charge is 0.410 e. The Morgan fingerprint density at radius 1 is 1.14 bits per heavy atom. The van der Waals surface area contributed by atoms with E-state index in [1.165, 1.54) is 6.08 Å². The van der Waals surface area contributed by atoms with Crippen molar-refractivity contribution in [3.05, 3.63) is 35.9 Å². The highest BCUT2D eigenvalue weighted by Gasteiger charge is 2.24. The first kappa shape index (κ1) is 24.4. The number of benzene rings is 1. The van der Waals surface area contributed by atoms with Crippen LogP contribution in [0.2, 0.25) is 0 Å². The number of hydrogen-bond acceptors (Lipinski definition) is 6. The number of carbonyl (C=O) groups excluding carboxylic acids is 3. The molecule has 0 N–H and O–H groups in total. The second-order valence-corrected chi connectivity index (χ2v) is 8.09. The lowest BCUT2D eigenvalue weighted by atomic mass is 10.1. The fourth-order valence-electron chi connectivity index (χ4n) is 2.62. The highest BCUT2D eigenvalue weighted by Crippen LogP contribution is 2.14. The van der Waals surface area contributed by atoms with Crippen molar-refractivity contribution in [2.45, 2.75) is 78.2 Å². The number of rotatable bonds is 10. The maximum Gasteiger partial charge on any atom is 0.410 e. The minimum absolute atomic E-state index is 0.00974. The van der Waals surface area contributed by atoms with Crippen molar-refractivity contribution in [2.24, 2.45) is 4.99 Å². The summed E-state index contributed by atoms with van der Waals surface area (Å²) in [5, 5.41) is 0. The van der Waals surface area contributed by atoms with Gasteiger partial charge in [-0.05, 0) is 59.4 Å². The zero-order valence-corrected chi connectivity index (χ0v) is 18.0. The molecule has 0 saturated heterocycles. The molecule has 29 heavy (non-hydrogen) atoms. The van der Waals surface area contributed by atoms with Gasteiger partial charge in [-0.15, -0.1) is 0 Å². The zero-order valence-electron chi connectivity index (χ0n) is 18.0. The average molecular weight is 405 g/mol. The molecule has 0 bridgehead atoms. The van der Waals surface area contributed by atoms with Crippen molar-refractivity contribution >= 4 is 18.1 Å². The quantitative estimate of drug-likeness (QED) is 0.252. The van der Waals surface area contributed by atoms with Gasteiger partial charge in [0.25, 0.3) is 0 Å². The largest absolute Gasteiger partial charge is 0.459 e. The number of nitrogens with zero attached hydrogens (tertiary/aromatic N) is 2. The molecule has 0 heterocycles. The average Bonchev–Trinajstić information content (AvgIpc) is 2.64. The number of hydrogen-bond donors (Lipinski definition) is 0. The molecule has 7 heteroatoms. The maximum absolute atomic E-state index is 12.3. The summed E-state index contributed by atoms with van der Waals surface area (Å²) in [6.45, 7) is 9.94. The lowest BCUT2D eigenvalue weighted by Crippen LogP contribution is -2.41. The molecule has 0 aliphatic heterocycles. The Labute approximate surface area is 173 Å². The normalized spacial score (nSPS) is 12.1. The SMILES string of the molecule is CC(C)N(CCCC[C@H](N=C=O)C(=O)OCc1ccccc1)C(=O)OC(C)(C)C. The zero-order chi connectivity index (χ0) is 21.9. The summed E-state index contributed by atoms with van der Waals surface area (Å²) in [4.78, 5) is 40.5. The lowest BCUT2D eigenvalue weighted by molar-refractivity contribution is -0.146. The summed E-state index contributed by atoms with van der Waals surface area (Å²) in [5.41, 5.74) is 0.302. The Balaban J connectivity index is 2.50. The molecule has 0 spiro atoms. The van der Waals surface area contributed by atoms with Gasteiger partial charge in [-0.2, -0.15) is 4.99 Å². The van der Waals surface area contributed by atoms with Crippen LogP contribution in [0.5, 0.6) is 0 Å². The highest BCUT2D eigenvalue weighted by molar-refractivity contribution is 5.76. The number of unbranched alkanes of at least 4 members (excludes halogenated alkanes) is 1. The first-order valence-corrected chi connectivity index (χ1v) is 9.91. The summed E-state index contributed by atoms with van der Waals surface area (Å²) in [6, 6.07) is 8.40. The number of aliphatic imine (C=N–C) groups is 1. The molecule has 1 atom stereocenters. The van der Waals surface area contributed by atoms with Crippen LogP contribution in [-0.4, -0.2) is 47.3 Å². The molecule has 0 aliphatic rings. The number of isocyanates is 1. The van der Waals surface area contributed by atoms with Gasteiger partial charge >= 0.3 is 12.1 Å². The van der Waals surface area contributed by atoms with Crippen LogP contribution >= 0.6 is 0 Å². The number of ether oxygens (including phenoxy) is 2. The summed E-state index contributed by atoms with van der Waals surface area (Å²) >= 11 is 0. The van der Waals surface area contributed by atoms with Gasteiger partial charge < -0.3 is 14.4 Å². The third-order valence-corrected chi connectivity index (χ3v) is 4.08. The van der Waals surface area contributed by atoms with Gasteiger partial charge in [0.05, 0.1) is 0 Å². The molecule has 0 aromatic heterocycles. The molecule has 0 unspecified atom stereocenters. The van der Waals surface area contributed by atoms with Crippen molar-refractivity contribution in [3.8, 4) is 0 Å². The summed E-state index contributed by atoms with van der Waals surface area (Å²) < 4.78 is 10.7. The molecule has 0 saturated carbocycles. The van der Waals surface area contributed by atoms with E-state index in [-0.39, 0.29) is 18.7 Å². The molecule has 1 aromatic rings. The molecule has 160 valence electrons. The Hall–Kier alpha value is -2.66. The first-order valence-electron chi connectivity index (χ1n) is 9.91. The number of carbonyl (C=O) groups is 2. The van der Waals surface area contributed by atoms with Crippen LogP contribution in [0.3, 0.4) is 0 Å². The van der Waals surface area contributed by atoms with Crippen molar-refractivity contribution < 1.29 is 23.9 Å². The Kier molecular flexibility index (Phi) is 10.1. The fourth-order valence-corrected chi connectivity index (χ4v) is 2.62. The van der Waals surface area contributed by atoms with Gasteiger partial charge in [0.15, 0.2) is 6.04 Å². The third kappa shape index (κ3) is 9.90. The molecule has 7 nitrogen and oxygen atoms in total. The predicted molar refractivity (Wildman–Crippen MR) is 110 cm³/mol. The van der Waals surface area contributed by atoms with Gasteiger partial charge in [0.2, 0.25) is 6.08 Å². The second-order valence-electron chi connectivity index (χ2n) is 8.09. The fraction of sp³-hybridized carbons (Fsp3) is 0.591. The molecule has 0 radical (unpaired) electrons. The van der Waals surface area contributed by atoms with Crippen molar-refractivity contribution in [1.82, 2.24) is 4.90 Å². The van der Waals surface area contributed by atoms with Gasteiger partial charge in [0.1, 0.15) is 12.2 Å². The minimum atomic E-state index is -0.884. The molecule has 1 amide bonds. The van der Waals surface area contributed by atoms with E-state index in [2.05, 4.69) is 4.99 Å². The van der Waals surface area contributed by atoms with Gasteiger partial charge in [-0.25, -0.2) is 14.4 Å². The predicted octanol–water partition coefficient (Wildman–Crippen LogP) is 4.25. The van der Waals surface area contributed by atoms with Crippen LogP contribution in [0.1, 0.15) is 59.4 Å². The van der Waals surface area contributed by atoms with Crippen LogP contribution in [0.15, 0.2) is 35.3 Å². The summed E-state index contributed by atoms with van der Waals surface area (Å²) in [6.07, 6.45) is 2.68. The first-order chi connectivity index (χ1) is 13.6. The van der Waals surface area contributed by atoms with E-state index in [0.29, 0.717) is 25.8 Å². The Morgan fingerprint density at radius 3 is 2.34 bits per heavy atom. The van der Waals surface area contributed by atoms with Gasteiger partial charge in [0, 0.05) is 12.6 Å². The van der Waals surface area contributed by atoms with E-state index in [9.17, 15) is 14.4 Å². The van der Waals surface area contributed by atoms with E-state index in [1.807, 2.05) is 65.0 Å². The molecular formula is C22H32N2O5. The van der Waals surface area contributed by atoms with Crippen molar-refractivity contribution in [3.63, 3.8) is 0 Å². The van der Waals surface area contributed by atoms with Crippen LogP contribution < -0.4 is 0 Å². The van der Waals surface area contributed by atoms with Crippen molar-refractivity contribution in [2.75, 3.05) is 6.54 Å². The molecule has 1 aromatic carbocycles. The van der Waals surface area contributed by atoms with E-state index < -0.39 is 17.6 Å².